The van der Waals surface area contributed by atoms with Gasteiger partial charge in [0.2, 0.25) is 0 Å². The van der Waals surface area contributed by atoms with Gasteiger partial charge in [0.15, 0.2) is 0 Å². The van der Waals surface area contributed by atoms with Crippen molar-refractivity contribution < 1.29 is 23.9 Å². The summed E-state index contributed by atoms with van der Waals surface area (Å²) in [5.41, 5.74) is 0. The lowest BCUT2D eigenvalue weighted by molar-refractivity contribution is 0.117. The minimum atomic E-state index is -0.416. The highest BCUT2D eigenvalue weighted by atomic mass is 32.2. The number of rotatable bonds is 12. The van der Waals surface area contributed by atoms with Crippen molar-refractivity contribution in [3.8, 4) is 5.75 Å². The van der Waals surface area contributed by atoms with Gasteiger partial charge in [-0.15, -0.1) is 23.5 Å². The molecule has 0 saturated carbocycles. The van der Waals surface area contributed by atoms with E-state index in [0.717, 1.165) is 16.4 Å². The maximum atomic E-state index is 11.9. The normalized spacial score (nSPS) is 10.4. The second kappa shape index (κ2) is 25.0. The maximum Gasteiger partial charge on any atom is 0.412 e. The first-order chi connectivity index (χ1) is 24.0. The summed E-state index contributed by atoms with van der Waals surface area (Å²) in [6.07, 6.45) is -0.919. The molecule has 4 aromatic carbocycles. The van der Waals surface area contributed by atoms with Gasteiger partial charge in [-0.25, -0.2) is 9.59 Å². The highest BCUT2D eigenvalue weighted by Gasteiger charge is 2.16. The van der Waals surface area contributed by atoms with Crippen molar-refractivity contribution in [1.82, 2.24) is 16.0 Å². The van der Waals surface area contributed by atoms with Crippen LogP contribution in [0.15, 0.2) is 136 Å². The van der Waals surface area contributed by atoms with Crippen molar-refractivity contribution in [3.05, 3.63) is 121 Å². The number of benzene rings is 4. The molecule has 0 unspecified atom stereocenters. The van der Waals surface area contributed by atoms with Crippen LogP contribution in [0.3, 0.4) is 0 Å². The zero-order valence-electron chi connectivity index (χ0n) is 29.5. The number of carbonyl (C=O) groups excluding carboxylic acids is 3. The first-order valence-corrected chi connectivity index (χ1v) is 19.2. The fourth-order valence-corrected chi connectivity index (χ4v) is 6.45. The van der Waals surface area contributed by atoms with Crippen molar-refractivity contribution >= 4 is 52.7 Å². The Bertz CT molecular complexity index is 1390. The summed E-state index contributed by atoms with van der Waals surface area (Å²) in [5, 5.41) is 8.24. The molecule has 0 bridgehead atoms. The molecule has 0 aliphatic carbocycles. The number of ether oxygens (including phenoxy) is 2. The molecular weight excluding hydrogens is 687 g/mol. The third-order valence-electron chi connectivity index (χ3n) is 5.76. The Morgan fingerprint density at radius 3 is 1.32 bits per heavy atom. The van der Waals surface area contributed by atoms with Crippen LogP contribution in [0.1, 0.15) is 41.5 Å². The molecule has 0 aliphatic heterocycles. The third kappa shape index (κ3) is 21.1. The molecule has 0 aliphatic rings. The molecule has 0 fully saturated rings. The molecule has 0 spiro atoms. The van der Waals surface area contributed by atoms with Crippen LogP contribution >= 0.6 is 35.3 Å². The standard InChI is InChI=1S/C19H23NO2S2.C10H13NO2.C10H13NOS/c1-15(2)20-19(21)22-16(13-23-17-9-5-3-6-10-17)14-24-18-11-7-4-8-12-18;2*1-8(2)11-10(12)13-9-6-4-3-5-7-9/h3-12,15-16H,13-14H2,1-2H3,(H,20,21);2*3-8H,1-2H3,(H,11,12). The minimum absolute atomic E-state index is 0.00111. The number of hydrogen-bond acceptors (Lipinski definition) is 8. The Labute approximate surface area is 310 Å². The molecule has 0 heterocycles. The zero-order chi connectivity index (χ0) is 36.6. The summed E-state index contributed by atoms with van der Waals surface area (Å²) < 4.78 is 10.6. The van der Waals surface area contributed by atoms with Crippen LogP contribution in [0, 0.1) is 0 Å². The van der Waals surface area contributed by atoms with E-state index >= 15 is 0 Å². The number of hydrogen-bond donors (Lipinski definition) is 3. The Morgan fingerprint density at radius 2 is 0.900 bits per heavy atom. The number of thioether (sulfide) groups is 3. The van der Waals surface area contributed by atoms with Crippen LogP contribution in [0.5, 0.6) is 5.75 Å². The van der Waals surface area contributed by atoms with Gasteiger partial charge in [-0.1, -0.05) is 72.8 Å². The highest BCUT2D eigenvalue weighted by Crippen LogP contribution is 2.24. The molecule has 0 atom stereocenters. The Morgan fingerprint density at radius 1 is 0.520 bits per heavy atom. The van der Waals surface area contributed by atoms with Gasteiger partial charge >= 0.3 is 12.2 Å². The predicted octanol–water partition coefficient (Wildman–Crippen LogP) is 10.2. The first kappa shape index (κ1) is 42.1. The number of carbonyl (C=O) groups is 3. The molecule has 3 N–H and O–H groups in total. The Balaban J connectivity index is 0.000000283. The van der Waals surface area contributed by atoms with Crippen molar-refractivity contribution in [1.29, 1.82) is 0 Å². The smallest absolute Gasteiger partial charge is 0.412 e. The average Bonchev–Trinajstić information content (AvgIpc) is 3.07. The Kier molecular flexibility index (Phi) is 21.0. The van der Waals surface area contributed by atoms with E-state index < -0.39 is 6.09 Å². The van der Waals surface area contributed by atoms with Crippen molar-refractivity contribution in [3.63, 3.8) is 0 Å². The summed E-state index contributed by atoms with van der Waals surface area (Å²) in [5.74, 6) is 2.02. The molecule has 0 radical (unpaired) electrons. The number of alkyl carbamates (subject to hydrolysis) is 1. The maximum absolute atomic E-state index is 11.9. The predicted molar refractivity (Wildman–Crippen MR) is 210 cm³/mol. The van der Waals surface area contributed by atoms with E-state index in [2.05, 4.69) is 40.2 Å². The quantitative estimate of drug-likeness (QED) is 0.124. The van der Waals surface area contributed by atoms with E-state index in [1.54, 1.807) is 35.7 Å². The van der Waals surface area contributed by atoms with Gasteiger partial charge in [0.05, 0.1) is 0 Å². The van der Waals surface area contributed by atoms with E-state index in [-0.39, 0.29) is 35.6 Å². The topological polar surface area (TPSA) is 106 Å². The summed E-state index contributed by atoms with van der Waals surface area (Å²) in [6.45, 7) is 11.5. The molecular formula is C39H49N3O5S3. The lowest BCUT2D eigenvalue weighted by Crippen LogP contribution is -2.35. The molecule has 11 heteroatoms. The lowest BCUT2D eigenvalue weighted by atomic mass is 10.3. The van der Waals surface area contributed by atoms with Crippen molar-refractivity contribution in [2.24, 2.45) is 0 Å². The van der Waals surface area contributed by atoms with Crippen molar-refractivity contribution in [2.45, 2.75) is 80.5 Å². The SMILES string of the molecule is CC(C)NC(=O)OC(CSc1ccccc1)CSc1ccccc1.CC(C)NC(=O)Oc1ccccc1.CC(C)NC(=O)Sc1ccccc1. The van der Waals surface area contributed by atoms with Gasteiger partial charge in [-0.3, -0.25) is 4.79 Å². The van der Waals surface area contributed by atoms with Gasteiger partial charge in [0.1, 0.15) is 11.9 Å². The van der Waals surface area contributed by atoms with Crippen LogP contribution in [-0.2, 0) is 4.74 Å². The summed E-state index contributed by atoms with van der Waals surface area (Å²) >= 11 is 4.63. The van der Waals surface area contributed by atoms with E-state index in [1.165, 1.54) is 21.6 Å². The molecule has 0 aromatic heterocycles. The van der Waals surface area contributed by atoms with Gasteiger partial charge in [-0.2, -0.15) is 0 Å². The summed E-state index contributed by atoms with van der Waals surface area (Å²) in [6, 6.07) is 39.3. The second-order valence-corrected chi connectivity index (χ2v) is 14.8. The van der Waals surface area contributed by atoms with E-state index in [4.69, 9.17) is 9.47 Å². The Hall–Kier alpha value is -4.06. The van der Waals surface area contributed by atoms with E-state index in [0.29, 0.717) is 5.75 Å². The fourth-order valence-electron chi connectivity index (χ4n) is 3.67. The zero-order valence-corrected chi connectivity index (χ0v) is 32.0. The number of para-hydroxylation sites is 1. The first-order valence-electron chi connectivity index (χ1n) is 16.4. The highest BCUT2D eigenvalue weighted by molar-refractivity contribution is 8.13. The van der Waals surface area contributed by atoms with E-state index in [9.17, 15) is 14.4 Å². The molecule has 268 valence electrons. The van der Waals surface area contributed by atoms with Gasteiger partial charge < -0.3 is 25.4 Å². The third-order valence-corrected chi connectivity index (χ3v) is 8.86. The van der Waals surface area contributed by atoms with Crippen LogP contribution in [0.4, 0.5) is 14.4 Å². The van der Waals surface area contributed by atoms with Crippen molar-refractivity contribution in [2.75, 3.05) is 11.5 Å². The lowest BCUT2D eigenvalue weighted by Gasteiger charge is -2.19. The summed E-state index contributed by atoms with van der Waals surface area (Å²) in [4.78, 5) is 37.6. The van der Waals surface area contributed by atoms with Crippen LogP contribution in [0.25, 0.3) is 0 Å². The van der Waals surface area contributed by atoms with Crippen LogP contribution < -0.4 is 20.7 Å². The van der Waals surface area contributed by atoms with Gasteiger partial charge in [0, 0.05) is 44.3 Å². The average molecular weight is 736 g/mol. The molecule has 4 rings (SSSR count). The fraction of sp³-hybridized carbons (Fsp3) is 0.308. The number of amides is 3. The molecule has 0 saturated heterocycles. The molecule has 3 amide bonds. The largest absolute Gasteiger partial charge is 0.444 e. The monoisotopic (exact) mass is 735 g/mol. The second-order valence-electron chi connectivity index (χ2n) is 11.6. The minimum Gasteiger partial charge on any atom is -0.444 e. The van der Waals surface area contributed by atoms with E-state index in [1.807, 2.05) is 126 Å². The van der Waals surface area contributed by atoms with Crippen LogP contribution in [0.2, 0.25) is 0 Å². The number of nitrogens with one attached hydrogen (secondary N) is 3. The van der Waals surface area contributed by atoms with Crippen LogP contribution in [-0.4, -0.2) is 53.2 Å². The molecule has 8 nitrogen and oxygen atoms in total. The summed E-state index contributed by atoms with van der Waals surface area (Å²) in [7, 11) is 0. The van der Waals surface area contributed by atoms with Gasteiger partial charge in [-0.05, 0) is 102 Å². The molecule has 50 heavy (non-hydrogen) atoms. The molecule has 4 aromatic rings. The van der Waals surface area contributed by atoms with Gasteiger partial charge in [0.25, 0.3) is 5.24 Å².